The van der Waals surface area contributed by atoms with E-state index in [9.17, 15) is 9.90 Å². The zero-order valence-electron chi connectivity index (χ0n) is 7.20. The van der Waals surface area contributed by atoms with E-state index in [1.165, 1.54) is 6.07 Å². The number of aromatic hydroxyl groups is 1. The van der Waals surface area contributed by atoms with E-state index in [2.05, 4.69) is 15.9 Å². The highest BCUT2D eigenvalue weighted by molar-refractivity contribution is 9.10. The predicted octanol–water partition coefficient (Wildman–Crippen LogP) is 3.12. The number of fused-ring (bicyclic) bond motifs is 1. The minimum Gasteiger partial charge on any atom is -0.507 e. The molecule has 0 aliphatic carbocycles. The quantitative estimate of drug-likeness (QED) is 0.790. The molecule has 0 saturated heterocycles. The summed E-state index contributed by atoms with van der Waals surface area (Å²) in [7, 11) is 0. The first-order valence-corrected chi connectivity index (χ1v) is 4.87. The number of rotatable bonds is 1. The monoisotopic (exact) mass is 250 g/mol. The Morgan fingerprint density at radius 1 is 1.21 bits per heavy atom. The number of hydrogen-bond acceptors (Lipinski definition) is 2. The van der Waals surface area contributed by atoms with Gasteiger partial charge in [-0.25, -0.2) is 0 Å². The van der Waals surface area contributed by atoms with Gasteiger partial charge < -0.3 is 5.11 Å². The highest BCUT2D eigenvalue weighted by Crippen LogP contribution is 2.28. The second-order valence-electron chi connectivity index (χ2n) is 3.02. The molecule has 2 aromatic carbocycles. The third kappa shape index (κ3) is 1.51. The van der Waals surface area contributed by atoms with E-state index in [0.29, 0.717) is 5.56 Å². The second-order valence-corrected chi connectivity index (χ2v) is 3.94. The van der Waals surface area contributed by atoms with E-state index in [4.69, 9.17) is 0 Å². The topological polar surface area (TPSA) is 37.3 Å². The third-order valence-corrected chi connectivity index (χ3v) is 2.55. The van der Waals surface area contributed by atoms with E-state index < -0.39 is 0 Å². The van der Waals surface area contributed by atoms with Crippen LogP contribution in [0.4, 0.5) is 0 Å². The largest absolute Gasteiger partial charge is 0.507 e. The Kier molecular flexibility index (Phi) is 2.25. The molecule has 2 rings (SSSR count). The molecular formula is C11H7BrO2. The molecule has 0 unspecified atom stereocenters. The van der Waals surface area contributed by atoms with Gasteiger partial charge in [0.15, 0.2) is 0 Å². The van der Waals surface area contributed by atoms with Crippen molar-refractivity contribution < 1.29 is 9.90 Å². The number of phenolic OH excluding ortho intramolecular Hbond substituents is 1. The fourth-order valence-corrected chi connectivity index (χ4v) is 1.76. The van der Waals surface area contributed by atoms with Crippen molar-refractivity contribution in [1.29, 1.82) is 0 Å². The van der Waals surface area contributed by atoms with Gasteiger partial charge in [-0.15, -0.1) is 0 Å². The van der Waals surface area contributed by atoms with Crippen molar-refractivity contribution in [1.82, 2.24) is 0 Å². The van der Waals surface area contributed by atoms with Crippen LogP contribution in [0, 0.1) is 0 Å². The van der Waals surface area contributed by atoms with Crippen molar-refractivity contribution in [2.75, 3.05) is 0 Å². The molecule has 0 spiro atoms. The normalized spacial score (nSPS) is 10.4. The number of halogens is 1. The minimum absolute atomic E-state index is 0.130. The van der Waals surface area contributed by atoms with Crippen LogP contribution in [0.5, 0.6) is 5.75 Å². The molecule has 0 saturated carbocycles. The van der Waals surface area contributed by atoms with E-state index >= 15 is 0 Å². The number of carbonyl (C=O) groups is 1. The lowest BCUT2D eigenvalue weighted by molar-refractivity contribution is 0.112. The molecule has 0 bridgehead atoms. The highest BCUT2D eigenvalue weighted by Gasteiger charge is 2.02. The van der Waals surface area contributed by atoms with Crippen molar-refractivity contribution in [2.24, 2.45) is 0 Å². The summed E-state index contributed by atoms with van der Waals surface area (Å²) < 4.78 is 0.902. The van der Waals surface area contributed by atoms with Crippen LogP contribution in [0.25, 0.3) is 10.8 Å². The summed E-state index contributed by atoms with van der Waals surface area (Å²) >= 11 is 3.32. The molecule has 2 nitrogen and oxygen atoms in total. The fourth-order valence-electron chi connectivity index (χ4n) is 1.40. The highest BCUT2D eigenvalue weighted by atomic mass is 79.9. The van der Waals surface area contributed by atoms with Gasteiger partial charge in [-0.2, -0.15) is 0 Å². The maximum absolute atomic E-state index is 10.5. The summed E-state index contributed by atoms with van der Waals surface area (Å²) in [6.07, 6.45) is 0.723. The molecule has 3 heteroatoms. The molecule has 0 fully saturated rings. The van der Waals surface area contributed by atoms with Crippen LogP contribution in [0.2, 0.25) is 0 Å². The van der Waals surface area contributed by atoms with E-state index in [1.807, 2.05) is 18.2 Å². The number of aldehydes is 1. The summed E-state index contributed by atoms with van der Waals surface area (Å²) in [5, 5.41) is 11.2. The minimum atomic E-state index is 0.130. The Labute approximate surface area is 89.3 Å². The molecule has 0 aliphatic rings. The van der Waals surface area contributed by atoms with E-state index in [0.717, 1.165) is 21.5 Å². The molecule has 0 heterocycles. The molecule has 0 aromatic heterocycles. The summed E-state index contributed by atoms with van der Waals surface area (Å²) in [6, 6.07) is 8.75. The number of phenols is 1. The van der Waals surface area contributed by atoms with Crippen molar-refractivity contribution in [3.8, 4) is 5.75 Å². The Bertz CT molecular complexity index is 506. The Morgan fingerprint density at radius 3 is 2.71 bits per heavy atom. The lowest BCUT2D eigenvalue weighted by Crippen LogP contribution is -1.81. The third-order valence-electron chi connectivity index (χ3n) is 2.05. The lowest BCUT2D eigenvalue weighted by atomic mass is 10.1. The SMILES string of the molecule is O=Cc1cc(O)c2cc(Br)ccc2c1. The lowest BCUT2D eigenvalue weighted by Gasteiger charge is -2.02. The van der Waals surface area contributed by atoms with Crippen LogP contribution in [0.1, 0.15) is 10.4 Å². The number of benzene rings is 2. The van der Waals surface area contributed by atoms with E-state index in [-0.39, 0.29) is 5.75 Å². The van der Waals surface area contributed by atoms with Crippen molar-refractivity contribution in [3.05, 3.63) is 40.4 Å². The van der Waals surface area contributed by atoms with Crippen LogP contribution in [0.15, 0.2) is 34.8 Å². The maximum Gasteiger partial charge on any atom is 0.150 e. The fraction of sp³-hybridized carbons (Fsp3) is 0. The zero-order chi connectivity index (χ0) is 10.1. The van der Waals surface area contributed by atoms with Crippen LogP contribution in [0.3, 0.4) is 0 Å². The summed E-state index contributed by atoms with van der Waals surface area (Å²) in [6.45, 7) is 0. The first kappa shape index (κ1) is 9.21. The maximum atomic E-state index is 10.5. The summed E-state index contributed by atoms with van der Waals surface area (Å²) in [4.78, 5) is 10.5. The molecule has 0 amide bonds. The molecule has 2 aromatic rings. The standard InChI is InChI=1S/C11H7BrO2/c12-9-2-1-8-3-7(6-13)4-11(14)10(8)5-9/h1-6,14H. The first-order chi connectivity index (χ1) is 6.70. The van der Waals surface area contributed by atoms with Crippen LogP contribution >= 0.6 is 15.9 Å². The Hall–Kier alpha value is -1.35. The molecule has 14 heavy (non-hydrogen) atoms. The zero-order valence-corrected chi connectivity index (χ0v) is 8.78. The smallest absolute Gasteiger partial charge is 0.150 e. The second kappa shape index (κ2) is 3.42. The van der Waals surface area contributed by atoms with Gasteiger partial charge in [-0.05, 0) is 29.7 Å². The van der Waals surface area contributed by atoms with Crippen molar-refractivity contribution in [3.63, 3.8) is 0 Å². The molecule has 0 radical (unpaired) electrons. The average Bonchev–Trinajstić information content (AvgIpc) is 2.19. The molecule has 0 atom stereocenters. The average molecular weight is 251 g/mol. The first-order valence-electron chi connectivity index (χ1n) is 4.08. The van der Waals surface area contributed by atoms with Gasteiger partial charge in [-0.3, -0.25) is 4.79 Å². The Balaban J connectivity index is 2.82. The van der Waals surface area contributed by atoms with Gasteiger partial charge in [0.05, 0.1) is 0 Å². The summed E-state index contributed by atoms with van der Waals surface area (Å²) in [5.41, 5.74) is 0.484. The summed E-state index contributed by atoms with van der Waals surface area (Å²) in [5.74, 6) is 0.130. The van der Waals surface area contributed by atoms with Gasteiger partial charge in [0.1, 0.15) is 12.0 Å². The number of hydrogen-bond donors (Lipinski definition) is 1. The predicted molar refractivity (Wildman–Crippen MR) is 58.7 cm³/mol. The van der Waals surface area contributed by atoms with Gasteiger partial charge in [0, 0.05) is 15.4 Å². The van der Waals surface area contributed by atoms with Gasteiger partial charge in [0.25, 0.3) is 0 Å². The van der Waals surface area contributed by atoms with E-state index in [1.54, 1.807) is 6.07 Å². The van der Waals surface area contributed by atoms with Crippen molar-refractivity contribution >= 4 is 33.0 Å². The van der Waals surface area contributed by atoms with Gasteiger partial charge in [-0.1, -0.05) is 22.0 Å². The molecular weight excluding hydrogens is 244 g/mol. The molecule has 1 N–H and O–H groups in total. The van der Waals surface area contributed by atoms with Gasteiger partial charge in [0.2, 0.25) is 0 Å². The van der Waals surface area contributed by atoms with Crippen LogP contribution in [-0.2, 0) is 0 Å². The van der Waals surface area contributed by atoms with Crippen LogP contribution < -0.4 is 0 Å². The Morgan fingerprint density at radius 2 is 2.00 bits per heavy atom. The number of carbonyl (C=O) groups excluding carboxylic acids is 1. The van der Waals surface area contributed by atoms with Crippen LogP contribution in [-0.4, -0.2) is 11.4 Å². The molecule has 0 aliphatic heterocycles. The van der Waals surface area contributed by atoms with Gasteiger partial charge >= 0.3 is 0 Å². The molecule has 70 valence electrons. The van der Waals surface area contributed by atoms with Crippen molar-refractivity contribution in [2.45, 2.75) is 0 Å².